The number of hydrogen-bond acceptors (Lipinski definition) is 3. The highest BCUT2D eigenvalue weighted by Crippen LogP contribution is 2.13. The van der Waals surface area contributed by atoms with Gasteiger partial charge in [0.1, 0.15) is 0 Å². The van der Waals surface area contributed by atoms with E-state index in [1.165, 1.54) is 0 Å². The van der Waals surface area contributed by atoms with Crippen LogP contribution in [0.3, 0.4) is 0 Å². The molecule has 2 aromatic rings. The van der Waals surface area contributed by atoms with Crippen molar-refractivity contribution in [3.8, 4) is 0 Å². The van der Waals surface area contributed by atoms with E-state index in [0.717, 1.165) is 17.4 Å². The average Bonchev–Trinajstić information content (AvgIpc) is 2.35. The molecule has 0 bridgehead atoms. The van der Waals surface area contributed by atoms with Crippen LogP contribution in [-0.4, -0.2) is 23.9 Å². The molecule has 1 aromatic carbocycles. The molecule has 0 aliphatic heterocycles. The van der Waals surface area contributed by atoms with E-state index in [0.29, 0.717) is 12.1 Å². The standard InChI is InChI=1S/C13H14N2O/c1-2-14-9-13(16)11-6-5-10-4-3-7-15-12(10)8-11/h3-8,14H,2,9H2,1H3. The molecule has 0 fully saturated rings. The summed E-state index contributed by atoms with van der Waals surface area (Å²) in [5.74, 6) is 0.106. The maximum Gasteiger partial charge on any atom is 0.176 e. The zero-order valence-electron chi connectivity index (χ0n) is 9.23. The largest absolute Gasteiger partial charge is 0.310 e. The van der Waals surface area contributed by atoms with Crippen LogP contribution in [0.2, 0.25) is 0 Å². The maximum absolute atomic E-state index is 11.8. The van der Waals surface area contributed by atoms with Crippen LogP contribution in [0.5, 0.6) is 0 Å². The summed E-state index contributed by atoms with van der Waals surface area (Å²) in [4.78, 5) is 16.0. The van der Waals surface area contributed by atoms with Gasteiger partial charge >= 0.3 is 0 Å². The Hall–Kier alpha value is -1.74. The van der Waals surface area contributed by atoms with E-state index in [4.69, 9.17) is 0 Å². The minimum atomic E-state index is 0.106. The van der Waals surface area contributed by atoms with Gasteiger partial charge in [0.2, 0.25) is 0 Å². The molecule has 0 spiro atoms. The number of nitrogens with zero attached hydrogens (tertiary/aromatic N) is 1. The van der Waals surface area contributed by atoms with E-state index in [2.05, 4.69) is 10.3 Å². The fraction of sp³-hybridized carbons (Fsp3) is 0.231. The predicted octanol–water partition coefficient (Wildman–Crippen LogP) is 2.03. The minimum Gasteiger partial charge on any atom is -0.310 e. The van der Waals surface area contributed by atoms with Crippen molar-refractivity contribution in [3.05, 3.63) is 42.1 Å². The summed E-state index contributed by atoms with van der Waals surface area (Å²) < 4.78 is 0. The lowest BCUT2D eigenvalue weighted by Gasteiger charge is -2.03. The smallest absolute Gasteiger partial charge is 0.176 e. The second-order valence-electron chi connectivity index (χ2n) is 3.61. The first-order chi connectivity index (χ1) is 7.81. The number of hydrogen-bond donors (Lipinski definition) is 1. The Morgan fingerprint density at radius 3 is 3.06 bits per heavy atom. The van der Waals surface area contributed by atoms with Crippen LogP contribution in [0.25, 0.3) is 10.9 Å². The zero-order valence-corrected chi connectivity index (χ0v) is 9.23. The van der Waals surface area contributed by atoms with Crippen LogP contribution in [0.4, 0.5) is 0 Å². The molecule has 0 aliphatic carbocycles. The Balaban J connectivity index is 2.28. The summed E-state index contributed by atoms with van der Waals surface area (Å²) in [5.41, 5.74) is 1.58. The number of nitrogens with one attached hydrogen (secondary N) is 1. The van der Waals surface area contributed by atoms with Gasteiger partial charge in [-0.1, -0.05) is 25.1 Å². The number of benzene rings is 1. The molecule has 1 aromatic heterocycles. The molecular formula is C13H14N2O. The van der Waals surface area contributed by atoms with E-state index in [9.17, 15) is 4.79 Å². The molecule has 2 rings (SSSR count). The lowest BCUT2D eigenvalue weighted by molar-refractivity contribution is 0.0992. The molecule has 16 heavy (non-hydrogen) atoms. The lowest BCUT2D eigenvalue weighted by atomic mass is 10.1. The molecule has 1 heterocycles. The Morgan fingerprint density at radius 1 is 1.38 bits per heavy atom. The first-order valence-electron chi connectivity index (χ1n) is 5.40. The molecule has 1 N–H and O–H groups in total. The minimum absolute atomic E-state index is 0.106. The van der Waals surface area contributed by atoms with Crippen molar-refractivity contribution in [3.63, 3.8) is 0 Å². The molecule has 0 unspecified atom stereocenters. The highest BCUT2D eigenvalue weighted by atomic mass is 16.1. The number of aromatic nitrogens is 1. The number of fused-ring (bicyclic) bond motifs is 1. The fourth-order valence-corrected chi connectivity index (χ4v) is 1.58. The Bertz CT molecular complexity index is 508. The van der Waals surface area contributed by atoms with Gasteiger partial charge in [-0.05, 0) is 18.7 Å². The van der Waals surface area contributed by atoms with E-state index in [1.807, 2.05) is 37.3 Å². The highest BCUT2D eigenvalue weighted by Gasteiger charge is 2.05. The van der Waals surface area contributed by atoms with Crippen LogP contribution >= 0.6 is 0 Å². The van der Waals surface area contributed by atoms with Gasteiger partial charge in [0.05, 0.1) is 12.1 Å². The molecule has 0 aliphatic rings. The number of carbonyl (C=O) groups excluding carboxylic acids is 1. The van der Waals surface area contributed by atoms with Gasteiger partial charge in [0.25, 0.3) is 0 Å². The quantitative estimate of drug-likeness (QED) is 0.792. The maximum atomic E-state index is 11.8. The molecule has 0 saturated heterocycles. The van der Waals surface area contributed by atoms with Crippen LogP contribution in [0.15, 0.2) is 36.5 Å². The number of carbonyl (C=O) groups is 1. The normalized spacial score (nSPS) is 10.6. The van der Waals surface area contributed by atoms with Gasteiger partial charge in [-0.3, -0.25) is 9.78 Å². The summed E-state index contributed by atoms with van der Waals surface area (Å²) in [6.45, 7) is 3.17. The van der Waals surface area contributed by atoms with Crippen LogP contribution < -0.4 is 5.32 Å². The fourth-order valence-electron chi connectivity index (χ4n) is 1.58. The summed E-state index contributed by atoms with van der Waals surface area (Å²) in [7, 11) is 0. The third-order valence-electron chi connectivity index (χ3n) is 2.46. The van der Waals surface area contributed by atoms with E-state index < -0.39 is 0 Å². The van der Waals surface area contributed by atoms with Gasteiger partial charge < -0.3 is 5.32 Å². The molecule has 0 atom stereocenters. The van der Waals surface area contributed by atoms with Crippen molar-refractivity contribution in [1.82, 2.24) is 10.3 Å². The molecule has 3 nitrogen and oxygen atoms in total. The van der Waals surface area contributed by atoms with Crippen LogP contribution in [-0.2, 0) is 0 Å². The van der Waals surface area contributed by atoms with Crippen molar-refractivity contribution in [1.29, 1.82) is 0 Å². The monoisotopic (exact) mass is 214 g/mol. The van der Waals surface area contributed by atoms with E-state index >= 15 is 0 Å². The van der Waals surface area contributed by atoms with Gasteiger partial charge in [-0.2, -0.15) is 0 Å². The number of ketones is 1. The first-order valence-corrected chi connectivity index (χ1v) is 5.40. The molecule has 0 saturated carbocycles. The van der Waals surface area contributed by atoms with Crippen LogP contribution in [0, 0.1) is 0 Å². The first kappa shape index (κ1) is 10.8. The number of likely N-dealkylation sites (N-methyl/N-ethyl adjacent to an activating group) is 1. The van der Waals surface area contributed by atoms with Crippen molar-refractivity contribution in [2.75, 3.05) is 13.1 Å². The predicted molar refractivity (Wildman–Crippen MR) is 64.6 cm³/mol. The molecule has 82 valence electrons. The zero-order chi connectivity index (χ0) is 11.4. The van der Waals surface area contributed by atoms with Crippen molar-refractivity contribution >= 4 is 16.7 Å². The summed E-state index contributed by atoms with van der Waals surface area (Å²) in [6.07, 6.45) is 1.74. The summed E-state index contributed by atoms with van der Waals surface area (Å²) >= 11 is 0. The average molecular weight is 214 g/mol. The summed E-state index contributed by atoms with van der Waals surface area (Å²) in [6, 6.07) is 9.50. The van der Waals surface area contributed by atoms with E-state index in [1.54, 1.807) is 6.20 Å². The molecule has 3 heteroatoms. The van der Waals surface area contributed by atoms with Crippen LogP contribution in [0.1, 0.15) is 17.3 Å². The Kier molecular flexibility index (Phi) is 3.27. The summed E-state index contributed by atoms with van der Waals surface area (Å²) in [5, 5.41) is 4.08. The third kappa shape index (κ3) is 2.25. The number of rotatable bonds is 4. The second-order valence-corrected chi connectivity index (χ2v) is 3.61. The third-order valence-corrected chi connectivity index (χ3v) is 2.46. The second kappa shape index (κ2) is 4.86. The van der Waals surface area contributed by atoms with E-state index in [-0.39, 0.29) is 5.78 Å². The van der Waals surface area contributed by atoms with Gasteiger partial charge in [-0.25, -0.2) is 0 Å². The highest BCUT2D eigenvalue weighted by molar-refractivity contribution is 6.00. The lowest BCUT2D eigenvalue weighted by Crippen LogP contribution is -2.22. The van der Waals surface area contributed by atoms with Gasteiger partial charge in [0, 0.05) is 17.1 Å². The van der Waals surface area contributed by atoms with Gasteiger partial charge in [0.15, 0.2) is 5.78 Å². The Morgan fingerprint density at radius 2 is 2.25 bits per heavy atom. The molecular weight excluding hydrogens is 200 g/mol. The molecule has 0 radical (unpaired) electrons. The Labute approximate surface area is 94.5 Å². The topological polar surface area (TPSA) is 42.0 Å². The van der Waals surface area contributed by atoms with Crippen molar-refractivity contribution in [2.45, 2.75) is 6.92 Å². The SMILES string of the molecule is CCNCC(=O)c1ccc2cccnc2c1. The van der Waals surface area contributed by atoms with Crippen molar-refractivity contribution in [2.24, 2.45) is 0 Å². The molecule has 0 amide bonds. The number of Topliss-reactive ketones (excluding diaryl/α,β-unsaturated/α-hetero) is 1. The van der Waals surface area contributed by atoms with Gasteiger partial charge in [-0.15, -0.1) is 0 Å². The van der Waals surface area contributed by atoms with Crippen molar-refractivity contribution < 1.29 is 4.79 Å². The number of pyridine rings is 1.